The van der Waals surface area contributed by atoms with Crippen LogP contribution in [0.1, 0.15) is 70.4 Å². The van der Waals surface area contributed by atoms with Gasteiger partial charge in [0.15, 0.2) is 0 Å². The number of halogens is 1. The van der Waals surface area contributed by atoms with E-state index in [1.165, 1.54) is 11.1 Å². The van der Waals surface area contributed by atoms with Crippen LogP contribution < -0.4 is 11.1 Å². The molecule has 3 N–H and O–H groups in total. The van der Waals surface area contributed by atoms with Gasteiger partial charge in [0.1, 0.15) is 0 Å². The van der Waals surface area contributed by atoms with E-state index in [2.05, 4.69) is 45.1 Å². The summed E-state index contributed by atoms with van der Waals surface area (Å²) < 4.78 is 0. The Kier molecular flexibility index (Phi) is 8.60. The Morgan fingerprint density at radius 1 is 1.19 bits per heavy atom. The van der Waals surface area contributed by atoms with E-state index in [1.54, 1.807) is 0 Å². The lowest BCUT2D eigenvalue weighted by atomic mass is 9.94. The van der Waals surface area contributed by atoms with Gasteiger partial charge in [0, 0.05) is 5.69 Å². The third-order valence-electron chi connectivity index (χ3n) is 3.56. The minimum absolute atomic E-state index is 0. The summed E-state index contributed by atoms with van der Waals surface area (Å²) in [6.07, 6.45) is 1.63. The highest BCUT2D eigenvalue weighted by molar-refractivity contribution is 5.95. The molecule has 0 saturated carbocycles. The summed E-state index contributed by atoms with van der Waals surface area (Å²) >= 11 is 0. The Hall–Kier alpha value is -1.06. The summed E-state index contributed by atoms with van der Waals surface area (Å²) in [4.78, 5) is 12.1. The monoisotopic (exact) mass is 312 g/mol. The molecule has 1 amide bonds. The lowest BCUT2D eigenvalue weighted by molar-refractivity contribution is -0.117. The van der Waals surface area contributed by atoms with Crippen LogP contribution in [-0.2, 0) is 4.79 Å². The molecule has 0 saturated heterocycles. The van der Waals surface area contributed by atoms with E-state index in [-0.39, 0.29) is 18.3 Å². The topological polar surface area (TPSA) is 55.1 Å². The molecule has 4 heteroatoms. The van der Waals surface area contributed by atoms with E-state index in [9.17, 15) is 4.79 Å². The van der Waals surface area contributed by atoms with Crippen LogP contribution in [0.2, 0.25) is 0 Å². The number of anilines is 1. The summed E-state index contributed by atoms with van der Waals surface area (Å²) in [5.41, 5.74) is 9.23. The number of amides is 1. The lowest BCUT2D eigenvalue weighted by Gasteiger charge is -2.18. The molecule has 0 aliphatic heterocycles. The van der Waals surface area contributed by atoms with E-state index in [0.717, 1.165) is 12.1 Å². The zero-order chi connectivity index (χ0) is 15.3. The Morgan fingerprint density at radius 3 is 2.29 bits per heavy atom. The van der Waals surface area contributed by atoms with E-state index in [1.807, 2.05) is 13.0 Å². The largest absolute Gasteiger partial charge is 0.324 e. The molecule has 120 valence electrons. The van der Waals surface area contributed by atoms with Crippen molar-refractivity contribution in [3.05, 3.63) is 29.3 Å². The smallest absolute Gasteiger partial charge is 0.241 e. The van der Waals surface area contributed by atoms with Crippen LogP contribution in [0.4, 0.5) is 5.69 Å². The SMILES string of the molecule is CCCC(N)C(=O)Nc1ccc(C(C)C)cc1C(C)C.Cl. The van der Waals surface area contributed by atoms with Crippen LogP contribution in [-0.4, -0.2) is 11.9 Å². The maximum Gasteiger partial charge on any atom is 0.241 e. The zero-order valence-corrected chi connectivity index (χ0v) is 14.6. The van der Waals surface area contributed by atoms with Crippen molar-refractivity contribution in [2.45, 2.75) is 65.3 Å². The molecule has 0 fully saturated rings. The fourth-order valence-electron chi connectivity index (χ4n) is 2.20. The van der Waals surface area contributed by atoms with Gasteiger partial charge in [-0.15, -0.1) is 12.4 Å². The predicted molar refractivity (Wildman–Crippen MR) is 93.4 cm³/mol. The Bertz CT molecular complexity index is 458. The van der Waals surface area contributed by atoms with Crippen molar-refractivity contribution in [1.29, 1.82) is 0 Å². The van der Waals surface area contributed by atoms with Crippen LogP contribution in [0.3, 0.4) is 0 Å². The van der Waals surface area contributed by atoms with Crippen molar-refractivity contribution in [2.75, 3.05) is 5.32 Å². The van der Waals surface area contributed by atoms with Gasteiger partial charge in [0.2, 0.25) is 5.91 Å². The van der Waals surface area contributed by atoms with Crippen LogP contribution in [0.15, 0.2) is 18.2 Å². The number of carbonyl (C=O) groups is 1. The quantitative estimate of drug-likeness (QED) is 0.817. The number of nitrogens with two attached hydrogens (primary N) is 1. The maximum absolute atomic E-state index is 12.1. The van der Waals surface area contributed by atoms with Crippen molar-refractivity contribution in [3.8, 4) is 0 Å². The Morgan fingerprint density at radius 2 is 1.81 bits per heavy atom. The molecule has 1 unspecified atom stereocenters. The summed E-state index contributed by atoms with van der Waals surface area (Å²) in [6, 6.07) is 5.85. The molecule has 0 radical (unpaired) electrons. The number of hydrogen-bond donors (Lipinski definition) is 2. The average Bonchev–Trinajstić information content (AvgIpc) is 2.38. The molecular formula is C17H29ClN2O. The van der Waals surface area contributed by atoms with Crippen LogP contribution in [0.25, 0.3) is 0 Å². The molecule has 3 nitrogen and oxygen atoms in total. The zero-order valence-electron chi connectivity index (χ0n) is 13.8. The number of carbonyl (C=O) groups excluding carboxylic acids is 1. The molecule has 0 aliphatic rings. The first-order valence-corrected chi connectivity index (χ1v) is 7.57. The Labute approximate surface area is 135 Å². The van der Waals surface area contributed by atoms with Crippen LogP contribution >= 0.6 is 12.4 Å². The minimum Gasteiger partial charge on any atom is -0.324 e. The van der Waals surface area contributed by atoms with E-state index >= 15 is 0 Å². The first-order valence-electron chi connectivity index (χ1n) is 7.57. The van der Waals surface area contributed by atoms with Crippen molar-refractivity contribution in [1.82, 2.24) is 0 Å². The van der Waals surface area contributed by atoms with E-state index < -0.39 is 6.04 Å². The number of hydrogen-bond acceptors (Lipinski definition) is 2. The van der Waals surface area contributed by atoms with Crippen molar-refractivity contribution in [2.24, 2.45) is 5.73 Å². The molecule has 1 atom stereocenters. The van der Waals surface area contributed by atoms with Gasteiger partial charge in [-0.2, -0.15) is 0 Å². The average molecular weight is 313 g/mol. The molecule has 0 aliphatic carbocycles. The highest BCUT2D eigenvalue weighted by atomic mass is 35.5. The predicted octanol–water partition coefficient (Wildman–Crippen LogP) is 4.42. The summed E-state index contributed by atoms with van der Waals surface area (Å²) in [7, 11) is 0. The van der Waals surface area contributed by atoms with Gasteiger partial charge in [0.25, 0.3) is 0 Å². The van der Waals surface area contributed by atoms with Gasteiger partial charge in [-0.25, -0.2) is 0 Å². The maximum atomic E-state index is 12.1. The first-order chi connectivity index (χ1) is 9.36. The second kappa shape index (κ2) is 9.06. The Balaban J connectivity index is 0.00000400. The summed E-state index contributed by atoms with van der Waals surface area (Å²) in [5, 5.41) is 2.98. The highest BCUT2D eigenvalue weighted by Gasteiger charge is 2.16. The molecule has 1 aromatic rings. The van der Waals surface area contributed by atoms with Crippen molar-refractivity contribution < 1.29 is 4.79 Å². The fourth-order valence-corrected chi connectivity index (χ4v) is 2.20. The fraction of sp³-hybridized carbons (Fsp3) is 0.588. The van der Waals surface area contributed by atoms with Gasteiger partial charge in [-0.1, -0.05) is 53.2 Å². The minimum atomic E-state index is -0.426. The van der Waals surface area contributed by atoms with Gasteiger partial charge in [-0.05, 0) is 35.4 Å². The standard InChI is InChI=1S/C17H28N2O.ClH/c1-6-7-15(18)17(20)19-16-9-8-13(11(2)3)10-14(16)12(4)5;/h8-12,15H,6-7,18H2,1-5H3,(H,19,20);1H. The van der Waals surface area contributed by atoms with Gasteiger partial charge in [0.05, 0.1) is 6.04 Å². The number of benzene rings is 1. The van der Waals surface area contributed by atoms with Gasteiger partial charge < -0.3 is 11.1 Å². The second-order valence-corrected chi connectivity index (χ2v) is 6.04. The van der Waals surface area contributed by atoms with Crippen molar-refractivity contribution >= 4 is 24.0 Å². The third kappa shape index (κ3) is 5.68. The third-order valence-corrected chi connectivity index (χ3v) is 3.56. The summed E-state index contributed by atoms with van der Waals surface area (Å²) in [5.74, 6) is 0.761. The molecule has 1 aromatic carbocycles. The molecule has 1 rings (SSSR count). The van der Waals surface area contributed by atoms with Crippen LogP contribution in [0, 0.1) is 0 Å². The highest BCUT2D eigenvalue weighted by Crippen LogP contribution is 2.28. The number of rotatable bonds is 6. The molecular weight excluding hydrogens is 284 g/mol. The van der Waals surface area contributed by atoms with Crippen molar-refractivity contribution in [3.63, 3.8) is 0 Å². The lowest BCUT2D eigenvalue weighted by Crippen LogP contribution is -2.35. The normalized spacial score (nSPS) is 12.2. The van der Waals surface area contributed by atoms with Gasteiger partial charge in [-0.3, -0.25) is 4.79 Å². The van der Waals surface area contributed by atoms with Crippen LogP contribution in [0.5, 0.6) is 0 Å². The second-order valence-electron chi connectivity index (χ2n) is 6.04. The first kappa shape index (κ1) is 19.9. The van der Waals surface area contributed by atoms with E-state index in [0.29, 0.717) is 18.3 Å². The summed E-state index contributed by atoms with van der Waals surface area (Å²) in [6.45, 7) is 10.7. The molecule has 0 aromatic heterocycles. The van der Waals surface area contributed by atoms with E-state index in [4.69, 9.17) is 5.73 Å². The molecule has 21 heavy (non-hydrogen) atoms. The number of nitrogens with one attached hydrogen (secondary N) is 1. The molecule has 0 heterocycles. The van der Waals surface area contributed by atoms with Gasteiger partial charge >= 0.3 is 0 Å². The molecule has 0 bridgehead atoms. The molecule has 0 spiro atoms.